The highest BCUT2D eigenvalue weighted by atomic mass is 16.5. The van der Waals surface area contributed by atoms with Gasteiger partial charge in [-0.1, -0.05) is 18.2 Å². The highest BCUT2D eigenvalue weighted by Gasteiger charge is 2.06. The van der Waals surface area contributed by atoms with Gasteiger partial charge in [-0.05, 0) is 50.1 Å². The summed E-state index contributed by atoms with van der Waals surface area (Å²) in [6.07, 6.45) is 0. The SMILES string of the molecule is Cc1cc(C)nc(NC(=O)COc2ccccc2C)c1. The minimum atomic E-state index is -0.217. The number of amides is 1. The van der Waals surface area contributed by atoms with Gasteiger partial charge in [-0.25, -0.2) is 4.98 Å². The molecule has 0 aliphatic carbocycles. The van der Waals surface area contributed by atoms with Crippen molar-refractivity contribution >= 4 is 11.7 Å². The molecule has 4 heteroatoms. The van der Waals surface area contributed by atoms with Crippen LogP contribution in [0.5, 0.6) is 5.75 Å². The molecule has 1 N–H and O–H groups in total. The molecule has 0 saturated carbocycles. The number of nitrogens with one attached hydrogen (secondary N) is 1. The molecule has 2 aromatic rings. The van der Waals surface area contributed by atoms with Gasteiger partial charge in [-0.3, -0.25) is 4.79 Å². The predicted octanol–water partition coefficient (Wildman–Crippen LogP) is 3.02. The fourth-order valence-electron chi connectivity index (χ4n) is 1.95. The number of nitrogens with zero attached hydrogens (tertiary/aromatic N) is 1. The molecular weight excluding hydrogens is 252 g/mol. The van der Waals surface area contributed by atoms with E-state index >= 15 is 0 Å². The quantitative estimate of drug-likeness (QED) is 0.929. The fourth-order valence-corrected chi connectivity index (χ4v) is 1.95. The number of hydrogen-bond donors (Lipinski definition) is 1. The van der Waals surface area contributed by atoms with E-state index in [0.717, 1.165) is 22.6 Å². The Bertz CT molecular complexity index is 603. The molecule has 0 unspecified atom stereocenters. The Labute approximate surface area is 118 Å². The summed E-state index contributed by atoms with van der Waals surface area (Å²) in [5.41, 5.74) is 2.94. The number of aryl methyl sites for hydroxylation is 3. The molecular formula is C16H18N2O2. The van der Waals surface area contributed by atoms with Gasteiger partial charge in [0, 0.05) is 5.69 Å². The minimum absolute atomic E-state index is 0.0283. The molecule has 0 saturated heterocycles. The van der Waals surface area contributed by atoms with E-state index in [2.05, 4.69) is 10.3 Å². The second-order valence-corrected chi connectivity index (χ2v) is 4.77. The lowest BCUT2D eigenvalue weighted by Crippen LogP contribution is -2.21. The highest BCUT2D eigenvalue weighted by Crippen LogP contribution is 2.16. The molecule has 0 aliphatic heterocycles. The predicted molar refractivity (Wildman–Crippen MR) is 79.0 cm³/mol. The van der Waals surface area contributed by atoms with Gasteiger partial charge >= 0.3 is 0 Å². The van der Waals surface area contributed by atoms with Crippen LogP contribution < -0.4 is 10.1 Å². The molecule has 0 atom stereocenters. The number of ether oxygens (including phenoxy) is 1. The fraction of sp³-hybridized carbons (Fsp3) is 0.250. The Hall–Kier alpha value is -2.36. The first kappa shape index (κ1) is 14.1. The summed E-state index contributed by atoms with van der Waals surface area (Å²) in [6, 6.07) is 11.4. The molecule has 20 heavy (non-hydrogen) atoms. The Morgan fingerprint density at radius 3 is 2.65 bits per heavy atom. The van der Waals surface area contributed by atoms with Crippen molar-refractivity contribution in [2.45, 2.75) is 20.8 Å². The molecule has 0 aliphatic rings. The van der Waals surface area contributed by atoms with Crippen LogP contribution in [0.1, 0.15) is 16.8 Å². The molecule has 0 radical (unpaired) electrons. The third-order valence-electron chi connectivity index (χ3n) is 2.82. The van der Waals surface area contributed by atoms with Gasteiger partial charge in [0.25, 0.3) is 5.91 Å². The van der Waals surface area contributed by atoms with Gasteiger partial charge in [0.05, 0.1) is 0 Å². The van der Waals surface area contributed by atoms with E-state index in [0.29, 0.717) is 5.82 Å². The third-order valence-corrected chi connectivity index (χ3v) is 2.82. The zero-order chi connectivity index (χ0) is 14.5. The molecule has 0 fully saturated rings. The van der Waals surface area contributed by atoms with Crippen molar-refractivity contribution in [1.29, 1.82) is 0 Å². The van der Waals surface area contributed by atoms with Crippen molar-refractivity contribution in [1.82, 2.24) is 4.98 Å². The van der Waals surface area contributed by atoms with Gasteiger partial charge in [0.2, 0.25) is 0 Å². The van der Waals surface area contributed by atoms with E-state index in [4.69, 9.17) is 4.74 Å². The third kappa shape index (κ3) is 3.82. The van der Waals surface area contributed by atoms with Crippen LogP contribution in [0.3, 0.4) is 0 Å². The number of para-hydroxylation sites is 1. The van der Waals surface area contributed by atoms with Crippen LogP contribution in [0.2, 0.25) is 0 Å². The zero-order valence-corrected chi connectivity index (χ0v) is 11.9. The zero-order valence-electron chi connectivity index (χ0n) is 11.9. The maximum atomic E-state index is 11.8. The Kier molecular flexibility index (Phi) is 4.35. The molecule has 104 valence electrons. The second-order valence-electron chi connectivity index (χ2n) is 4.77. The lowest BCUT2D eigenvalue weighted by molar-refractivity contribution is -0.118. The molecule has 1 heterocycles. The largest absolute Gasteiger partial charge is 0.483 e. The summed E-state index contributed by atoms with van der Waals surface area (Å²) in [4.78, 5) is 16.1. The maximum Gasteiger partial charge on any atom is 0.263 e. The summed E-state index contributed by atoms with van der Waals surface area (Å²) in [5.74, 6) is 1.06. The van der Waals surface area contributed by atoms with Crippen molar-refractivity contribution in [2.75, 3.05) is 11.9 Å². The number of rotatable bonds is 4. The van der Waals surface area contributed by atoms with E-state index in [9.17, 15) is 4.79 Å². The number of benzene rings is 1. The normalized spacial score (nSPS) is 10.2. The van der Waals surface area contributed by atoms with Crippen molar-refractivity contribution in [3.63, 3.8) is 0 Å². The van der Waals surface area contributed by atoms with Crippen molar-refractivity contribution in [3.05, 3.63) is 53.2 Å². The van der Waals surface area contributed by atoms with E-state index in [1.165, 1.54) is 0 Å². The van der Waals surface area contributed by atoms with Crippen LogP contribution in [0.15, 0.2) is 36.4 Å². The second kappa shape index (κ2) is 6.19. The lowest BCUT2D eigenvalue weighted by Gasteiger charge is -2.09. The average Bonchev–Trinajstić information content (AvgIpc) is 2.36. The molecule has 1 aromatic carbocycles. The van der Waals surface area contributed by atoms with E-state index in [-0.39, 0.29) is 12.5 Å². The topological polar surface area (TPSA) is 51.2 Å². The number of hydrogen-bond acceptors (Lipinski definition) is 3. The minimum Gasteiger partial charge on any atom is -0.483 e. The van der Waals surface area contributed by atoms with Gasteiger partial charge in [0.1, 0.15) is 11.6 Å². The standard InChI is InChI=1S/C16H18N2O2/c1-11-8-13(3)17-15(9-11)18-16(19)10-20-14-7-5-4-6-12(14)2/h4-9H,10H2,1-3H3,(H,17,18,19). The maximum absolute atomic E-state index is 11.8. The van der Waals surface area contributed by atoms with Gasteiger partial charge < -0.3 is 10.1 Å². The summed E-state index contributed by atoms with van der Waals surface area (Å²) in [6.45, 7) is 5.78. The number of aromatic nitrogens is 1. The van der Waals surface area contributed by atoms with Crippen LogP contribution in [0, 0.1) is 20.8 Å². The van der Waals surface area contributed by atoms with E-state index in [1.54, 1.807) is 0 Å². The van der Waals surface area contributed by atoms with Crippen molar-refractivity contribution in [2.24, 2.45) is 0 Å². The van der Waals surface area contributed by atoms with Crippen LogP contribution >= 0.6 is 0 Å². The van der Waals surface area contributed by atoms with Crippen LogP contribution in [-0.4, -0.2) is 17.5 Å². The number of pyridine rings is 1. The monoisotopic (exact) mass is 270 g/mol. The van der Waals surface area contributed by atoms with E-state index in [1.807, 2.05) is 57.2 Å². The van der Waals surface area contributed by atoms with Crippen molar-refractivity contribution in [3.8, 4) is 5.75 Å². The van der Waals surface area contributed by atoms with E-state index < -0.39 is 0 Å². The van der Waals surface area contributed by atoms with Gasteiger partial charge in [0.15, 0.2) is 6.61 Å². The molecule has 0 bridgehead atoms. The summed E-state index contributed by atoms with van der Waals surface area (Å²) in [5, 5.41) is 2.74. The van der Waals surface area contributed by atoms with Crippen LogP contribution in [-0.2, 0) is 4.79 Å². The average molecular weight is 270 g/mol. The number of carbonyl (C=O) groups excluding carboxylic acids is 1. The molecule has 4 nitrogen and oxygen atoms in total. The number of carbonyl (C=O) groups is 1. The lowest BCUT2D eigenvalue weighted by atomic mass is 10.2. The highest BCUT2D eigenvalue weighted by molar-refractivity contribution is 5.91. The van der Waals surface area contributed by atoms with Crippen LogP contribution in [0.4, 0.5) is 5.82 Å². The first-order chi connectivity index (χ1) is 9.54. The van der Waals surface area contributed by atoms with Gasteiger partial charge in [-0.15, -0.1) is 0 Å². The summed E-state index contributed by atoms with van der Waals surface area (Å²) in [7, 11) is 0. The molecule has 1 amide bonds. The van der Waals surface area contributed by atoms with Crippen molar-refractivity contribution < 1.29 is 9.53 Å². The Morgan fingerprint density at radius 1 is 1.20 bits per heavy atom. The smallest absolute Gasteiger partial charge is 0.263 e. The van der Waals surface area contributed by atoms with Crippen LogP contribution in [0.25, 0.3) is 0 Å². The number of anilines is 1. The first-order valence-corrected chi connectivity index (χ1v) is 6.48. The molecule has 0 spiro atoms. The molecule has 2 rings (SSSR count). The Balaban J connectivity index is 1.94. The first-order valence-electron chi connectivity index (χ1n) is 6.48. The summed E-state index contributed by atoms with van der Waals surface area (Å²) < 4.78 is 5.49. The molecule has 1 aromatic heterocycles. The summed E-state index contributed by atoms with van der Waals surface area (Å²) >= 11 is 0. The van der Waals surface area contributed by atoms with Gasteiger partial charge in [-0.2, -0.15) is 0 Å². The Morgan fingerprint density at radius 2 is 1.95 bits per heavy atom.